The highest BCUT2D eigenvalue weighted by Crippen LogP contribution is 2.29. The number of aliphatic hydroxyl groups excluding tert-OH is 1. The van der Waals surface area contributed by atoms with Crippen LogP contribution in [0.3, 0.4) is 0 Å². The lowest BCUT2D eigenvalue weighted by Crippen LogP contribution is -2.06. The van der Waals surface area contributed by atoms with Crippen molar-refractivity contribution in [2.45, 2.75) is 12.5 Å². The van der Waals surface area contributed by atoms with Crippen molar-refractivity contribution < 1.29 is 18.6 Å². The van der Waals surface area contributed by atoms with E-state index in [9.17, 15) is 13.9 Å². The quantitative estimate of drug-likeness (QED) is 0.927. The van der Waals surface area contributed by atoms with Crippen LogP contribution in [-0.2, 0) is 6.42 Å². The molecule has 0 saturated heterocycles. The van der Waals surface area contributed by atoms with E-state index in [1.807, 2.05) is 0 Å². The molecule has 1 unspecified atom stereocenters. The van der Waals surface area contributed by atoms with E-state index in [0.717, 1.165) is 6.07 Å². The summed E-state index contributed by atoms with van der Waals surface area (Å²) in [5.41, 5.74) is 0.660. The van der Waals surface area contributed by atoms with Gasteiger partial charge in [-0.05, 0) is 23.8 Å². The predicted octanol–water partition coefficient (Wildman–Crippen LogP) is 3.90. The minimum Gasteiger partial charge on any atom is -0.494 e. The Morgan fingerprint density at radius 3 is 2.65 bits per heavy atom. The predicted molar refractivity (Wildman–Crippen MR) is 73.0 cm³/mol. The maximum Gasteiger partial charge on any atom is 0.170 e. The Bertz CT molecular complexity index is 617. The van der Waals surface area contributed by atoms with E-state index in [0.29, 0.717) is 5.56 Å². The van der Waals surface area contributed by atoms with Crippen LogP contribution in [0.15, 0.2) is 36.4 Å². The summed E-state index contributed by atoms with van der Waals surface area (Å²) in [5.74, 6) is -1.01. The highest BCUT2D eigenvalue weighted by molar-refractivity contribution is 6.31. The first-order valence-corrected chi connectivity index (χ1v) is 6.35. The van der Waals surface area contributed by atoms with E-state index in [4.69, 9.17) is 16.3 Å². The Kier molecular flexibility index (Phi) is 4.57. The van der Waals surface area contributed by atoms with Crippen molar-refractivity contribution >= 4 is 11.6 Å². The molecule has 0 saturated carbocycles. The third kappa shape index (κ3) is 3.08. The number of aliphatic hydroxyl groups is 1. The molecule has 2 rings (SSSR count). The Morgan fingerprint density at radius 1 is 1.25 bits per heavy atom. The summed E-state index contributed by atoms with van der Waals surface area (Å²) in [7, 11) is 1.35. The summed E-state index contributed by atoms with van der Waals surface area (Å²) in [6, 6.07) is 8.41. The van der Waals surface area contributed by atoms with Crippen molar-refractivity contribution in [3.05, 3.63) is 64.2 Å². The molecule has 2 aromatic rings. The van der Waals surface area contributed by atoms with Crippen molar-refractivity contribution in [3.8, 4) is 5.75 Å². The highest BCUT2D eigenvalue weighted by Gasteiger charge is 2.17. The van der Waals surface area contributed by atoms with Gasteiger partial charge in [0.2, 0.25) is 0 Å². The molecule has 2 aromatic carbocycles. The maximum absolute atomic E-state index is 14.0. The molecule has 0 aliphatic heterocycles. The summed E-state index contributed by atoms with van der Waals surface area (Å²) in [6.07, 6.45) is -1.00. The molecule has 5 heteroatoms. The zero-order valence-corrected chi connectivity index (χ0v) is 11.5. The van der Waals surface area contributed by atoms with Gasteiger partial charge in [-0.15, -0.1) is 0 Å². The second-order valence-corrected chi connectivity index (χ2v) is 4.73. The topological polar surface area (TPSA) is 29.5 Å². The average Bonchev–Trinajstić information content (AvgIpc) is 2.42. The number of halogens is 3. The van der Waals surface area contributed by atoms with E-state index in [1.54, 1.807) is 6.07 Å². The highest BCUT2D eigenvalue weighted by atomic mass is 35.5. The smallest absolute Gasteiger partial charge is 0.170 e. The molecule has 0 fully saturated rings. The van der Waals surface area contributed by atoms with Gasteiger partial charge >= 0.3 is 0 Å². The fraction of sp³-hybridized carbons (Fsp3) is 0.200. The summed E-state index contributed by atoms with van der Waals surface area (Å²) >= 11 is 5.89. The lowest BCUT2D eigenvalue weighted by molar-refractivity contribution is 0.172. The second kappa shape index (κ2) is 6.20. The zero-order valence-electron chi connectivity index (χ0n) is 10.7. The SMILES string of the molecule is COc1cccc(C(O)Cc2ccc(F)cc2Cl)c1F. The number of benzene rings is 2. The molecule has 20 heavy (non-hydrogen) atoms. The van der Waals surface area contributed by atoms with E-state index >= 15 is 0 Å². The zero-order chi connectivity index (χ0) is 14.7. The molecule has 0 spiro atoms. The molecule has 0 bridgehead atoms. The van der Waals surface area contributed by atoms with Crippen LogP contribution in [0.4, 0.5) is 8.78 Å². The van der Waals surface area contributed by atoms with Crippen molar-refractivity contribution in [3.63, 3.8) is 0 Å². The third-order valence-corrected chi connectivity index (χ3v) is 3.35. The van der Waals surface area contributed by atoms with Crippen LogP contribution in [0.5, 0.6) is 5.75 Å². The van der Waals surface area contributed by atoms with Crippen molar-refractivity contribution in [2.24, 2.45) is 0 Å². The molecule has 1 N–H and O–H groups in total. The van der Waals surface area contributed by atoms with Gasteiger partial charge in [0.05, 0.1) is 13.2 Å². The molecule has 0 radical (unpaired) electrons. The van der Waals surface area contributed by atoms with E-state index < -0.39 is 17.7 Å². The molecule has 0 amide bonds. The fourth-order valence-corrected chi connectivity index (χ4v) is 2.19. The largest absolute Gasteiger partial charge is 0.494 e. The first-order valence-electron chi connectivity index (χ1n) is 5.97. The number of hydrogen-bond acceptors (Lipinski definition) is 2. The molecular weight excluding hydrogens is 286 g/mol. The van der Waals surface area contributed by atoms with Gasteiger partial charge in [0.1, 0.15) is 5.82 Å². The van der Waals surface area contributed by atoms with E-state index in [-0.39, 0.29) is 22.8 Å². The standard InChI is InChI=1S/C15H13ClF2O2/c1-20-14-4-2-3-11(15(14)18)13(19)7-9-5-6-10(17)8-12(9)16/h2-6,8,13,19H,7H2,1H3. The first kappa shape index (κ1) is 14.8. The number of rotatable bonds is 4. The minimum atomic E-state index is -1.09. The van der Waals surface area contributed by atoms with Crippen LogP contribution in [0.2, 0.25) is 5.02 Å². The van der Waals surface area contributed by atoms with Crippen LogP contribution >= 0.6 is 11.6 Å². The Hall–Kier alpha value is -1.65. The van der Waals surface area contributed by atoms with Gasteiger partial charge in [-0.3, -0.25) is 0 Å². The monoisotopic (exact) mass is 298 g/mol. The van der Waals surface area contributed by atoms with Crippen molar-refractivity contribution in [1.29, 1.82) is 0 Å². The molecule has 0 aliphatic carbocycles. The molecule has 0 heterocycles. The summed E-state index contributed by atoms with van der Waals surface area (Å²) in [4.78, 5) is 0. The normalized spacial score (nSPS) is 12.2. The van der Waals surface area contributed by atoms with Gasteiger partial charge < -0.3 is 9.84 Å². The number of methoxy groups -OCH3 is 1. The lowest BCUT2D eigenvalue weighted by Gasteiger charge is -2.14. The van der Waals surface area contributed by atoms with Crippen LogP contribution in [0, 0.1) is 11.6 Å². The number of ether oxygens (including phenoxy) is 1. The number of hydrogen-bond donors (Lipinski definition) is 1. The first-order chi connectivity index (χ1) is 9.52. The summed E-state index contributed by atoms with van der Waals surface area (Å²) in [6.45, 7) is 0. The van der Waals surface area contributed by atoms with E-state index in [2.05, 4.69) is 0 Å². The molecule has 2 nitrogen and oxygen atoms in total. The maximum atomic E-state index is 14.0. The van der Waals surface area contributed by atoms with Crippen LogP contribution < -0.4 is 4.74 Å². The average molecular weight is 299 g/mol. The minimum absolute atomic E-state index is 0.0618. The fourth-order valence-electron chi connectivity index (χ4n) is 1.95. The van der Waals surface area contributed by atoms with Gasteiger partial charge in [-0.25, -0.2) is 8.78 Å². The molecular formula is C15H13ClF2O2. The van der Waals surface area contributed by atoms with Gasteiger partial charge in [0, 0.05) is 17.0 Å². The third-order valence-electron chi connectivity index (χ3n) is 3.00. The van der Waals surface area contributed by atoms with Gasteiger partial charge in [-0.1, -0.05) is 29.8 Å². The Balaban J connectivity index is 2.26. The lowest BCUT2D eigenvalue weighted by atomic mass is 10.0. The van der Waals surface area contributed by atoms with Crippen LogP contribution in [-0.4, -0.2) is 12.2 Å². The second-order valence-electron chi connectivity index (χ2n) is 4.32. The molecule has 0 aromatic heterocycles. The van der Waals surface area contributed by atoms with Gasteiger partial charge in [-0.2, -0.15) is 0 Å². The van der Waals surface area contributed by atoms with Gasteiger partial charge in [0.25, 0.3) is 0 Å². The Morgan fingerprint density at radius 2 is 2.00 bits per heavy atom. The molecule has 106 valence electrons. The molecule has 0 aliphatic rings. The summed E-state index contributed by atoms with van der Waals surface area (Å²) < 4.78 is 31.8. The van der Waals surface area contributed by atoms with Gasteiger partial charge in [0.15, 0.2) is 11.6 Å². The molecule has 1 atom stereocenters. The van der Waals surface area contributed by atoms with Crippen LogP contribution in [0.1, 0.15) is 17.2 Å². The van der Waals surface area contributed by atoms with E-state index in [1.165, 1.54) is 31.4 Å². The van der Waals surface area contributed by atoms with Crippen LogP contribution in [0.25, 0.3) is 0 Å². The van der Waals surface area contributed by atoms with Crippen molar-refractivity contribution in [1.82, 2.24) is 0 Å². The summed E-state index contributed by atoms with van der Waals surface area (Å²) in [5, 5.41) is 10.3. The Labute approximate surface area is 120 Å². The van der Waals surface area contributed by atoms with Crippen molar-refractivity contribution in [2.75, 3.05) is 7.11 Å².